The second-order valence-electron chi connectivity index (χ2n) is 6.64. The summed E-state index contributed by atoms with van der Waals surface area (Å²) in [7, 11) is -2.24. The van der Waals surface area contributed by atoms with Gasteiger partial charge in [0.25, 0.3) is 5.69 Å². The molecule has 1 aliphatic rings. The summed E-state index contributed by atoms with van der Waals surface area (Å²) in [5.74, 6) is 0.337. The molecule has 13 heteroatoms. The van der Waals surface area contributed by atoms with E-state index in [1.807, 2.05) is 4.90 Å². The summed E-state index contributed by atoms with van der Waals surface area (Å²) < 4.78 is 32.1. The lowest BCUT2D eigenvalue weighted by Crippen LogP contribution is -2.48. The second-order valence-corrected chi connectivity index (χ2v) is 8.41. The standard InChI is InChI=1S/C18H27N5O6S.HI/c1-3-29-17(24)14-7-11-22(12-8-14)18(19-2)20-9-10-21-30(27,28)16-6-4-5-15(13-16)23(25)26;/h4-6,13-14,21H,3,7-12H2,1-2H3,(H,19,20);1H. The number of guanidine groups is 1. The Kier molecular flexibility index (Phi) is 11.1. The van der Waals surface area contributed by atoms with Crippen molar-refractivity contribution >= 4 is 51.6 Å². The Labute approximate surface area is 198 Å². The summed E-state index contributed by atoms with van der Waals surface area (Å²) in [5.41, 5.74) is -0.289. The van der Waals surface area contributed by atoms with E-state index in [4.69, 9.17) is 4.74 Å². The van der Waals surface area contributed by atoms with Crippen molar-refractivity contribution in [2.45, 2.75) is 24.7 Å². The highest BCUT2D eigenvalue weighted by atomic mass is 127. The molecule has 1 aromatic rings. The largest absolute Gasteiger partial charge is 0.466 e. The predicted molar refractivity (Wildman–Crippen MR) is 126 cm³/mol. The molecule has 0 bridgehead atoms. The van der Waals surface area contributed by atoms with Crippen LogP contribution < -0.4 is 10.0 Å². The summed E-state index contributed by atoms with van der Waals surface area (Å²) in [5, 5.41) is 13.9. The van der Waals surface area contributed by atoms with E-state index in [0.29, 0.717) is 38.5 Å². The van der Waals surface area contributed by atoms with E-state index in [0.717, 1.165) is 6.07 Å². The molecule has 1 aromatic carbocycles. The molecule has 174 valence electrons. The number of nitrogens with zero attached hydrogens (tertiary/aromatic N) is 3. The van der Waals surface area contributed by atoms with Gasteiger partial charge < -0.3 is 15.0 Å². The van der Waals surface area contributed by atoms with Gasteiger partial charge >= 0.3 is 5.97 Å². The van der Waals surface area contributed by atoms with Gasteiger partial charge in [-0.2, -0.15) is 0 Å². The lowest BCUT2D eigenvalue weighted by atomic mass is 9.97. The average molecular weight is 569 g/mol. The van der Waals surface area contributed by atoms with Gasteiger partial charge in [0.15, 0.2) is 5.96 Å². The first-order chi connectivity index (χ1) is 14.3. The Morgan fingerprint density at radius 1 is 1.32 bits per heavy atom. The first-order valence-corrected chi connectivity index (χ1v) is 11.1. The molecule has 0 aromatic heterocycles. The van der Waals surface area contributed by atoms with Crippen LogP contribution in [0.4, 0.5) is 5.69 Å². The van der Waals surface area contributed by atoms with Crippen LogP contribution in [0.2, 0.25) is 0 Å². The van der Waals surface area contributed by atoms with Crippen molar-refractivity contribution in [3.8, 4) is 0 Å². The highest BCUT2D eigenvalue weighted by molar-refractivity contribution is 14.0. The van der Waals surface area contributed by atoms with Crippen LogP contribution in [-0.2, 0) is 19.6 Å². The van der Waals surface area contributed by atoms with Gasteiger partial charge in [0.1, 0.15) is 0 Å². The third-order valence-electron chi connectivity index (χ3n) is 4.67. The highest BCUT2D eigenvalue weighted by Gasteiger charge is 2.27. The van der Waals surface area contributed by atoms with Crippen molar-refractivity contribution in [1.82, 2.24) is 14.9 Å². The number of halogens is 1. The van der Waals surface area contributed by atoms with Gasteiger partial charge in [-0.1, -0.05) is 6.07 Å². The van der Waals surface area contributed by atoms with Crippen molar-refractivity contribution in [3.63, 3.8) is 0 Å². The van der Waals surface area contributed by atoms with Crippen LogP contribution in [0, 0.1) is 16.0 Å². The maximum atomic E-state index is 12.3. The number of sulfonamides is 1. The predicted octanol–water partition coefficient (Wildman–Crippen LogP) is 1.34. The maximum absolute atomic E-state index is 12.3. The van der Waals surface area contributed by atoms with E-state index >= 15 is 0 Å². The summed E-state index contributed by atoms with van der Waals surface area (Å²) in [4.78, 5) is 28.1. The smallest absolute Gasteiger partial charge is 0.309 e. The molecule has 0 amide bonds. The number of likely N-dealkylation sites (tertiary alicyclic amines) is 1. The Bertz CT molecular complexity index is 887. The van der Waals surface area contributed by atoms with Crippen LogP contribution in [0.1, 0.15) is 19.8 Å². The van der Waals surface area contributed by atoms with Crippen molar-refractivity contribution in [1.29, 1.82) is 0 Å². The number of benzene rings is 1. The molecule has 0 unspecified atom stereocenters. The summed E-state index contributed by atoms with van der Waals surface area (Å²) in [6.45, 7) is 3.79. The first kappa shape index (κ1) is 27.0. The number of rotatable bonds is 8. The van der Waals surface area contributed by atoms with Gasteiger partial charge in [0.05, 0.1) is 22.3 Å². The van der Waals surface area contributed by atoms with Crippen LogP contribution in [0.25, 0.3) is 0 Å². The molecule has 0 radical (unpaired) electrons. The molecular weight excluding hydrogens is 541 g/mol. The van der Waals surface area contributed by atoms with Gasteiger partial charge in [-0.25, -0.2) is 13.1 Å². The lowest BCUT2D eigenvalue weighted by Gasteiger charge is -2.33. The van der Waals surface area contributed by atoms with Crippen LogP contribution in [0.15, 0.2) is 34.2 Å². The molecule has 31 heavy (non-hydrogen) atoms. The minimum Gasteiger partial charge on any atom is -0.466 e. The van der Waals surface area contributed by atoms with Crippen LogP contribution in [-0.4, -0.2) is 70.0 Å². The Morgan fingerprint density at radius 3 is 2.58 bits per heavy atom. The van der Waals surface area contributed by atoms with E-state index in [9.17, 15) is 23.3 Å². The Hall–Kier alpha value is -2.00. The molecule has 0 aliphatic carbocycles. The molecule has 0 spiro atoms. The summed E-state index contributed by atoms with van der Waals surface area (Å²) in [6, 6.07) is 4.88. The zero-order valence-electron chi connectivity index (χ0n) is 17.4. The van der Waals surface area contributed by atoms with Crippen LogP contribution in [0.3, 0.4) is 0 Å². The Morgan fingerprint density at radius 2 is 2.00 bits per heavy atom. The molecule has 1 heterocycles. The van der Waals surface area contributed by atoms with Crippen LogP contribution in [0.5, 0.6) is 0 Å². The van der Waals surface area contributed by atoms with Crippen molar-refractivity contribution in [3.05, 3.63) is 34.4 Å². The third-order valence-corrected chi connectivity index (χ3v) is 6.12. The molecule has 11 nitrogen and oxygen atoms in total. The van der Waals surface area contributed by atoms with Gasteiger partial charge in [0.2, 0.25) is 10.0 Å². The molecule has 1 fully saturated rings. The fourth-order valence-electron chi connectivity index (χ4n) is 3.13. The number of piperidine rings is 1. The maximum Gasteiger partial charge on any atom is 0.309 e. The molecule has 0 atom stereocenters. The van der Waals surface area contributed by atoms with Crippen LogP contribution >= 0.6 is 24.0 Å². The number of hydrogen-bond acceptors (Lipinski definition) is 7. The Balaban J connectivity index is 0.00000480. The molecule has 1 aliphatic heterocycles. The lowest BCUT2D eigenvalue weighted by molar-refractivity contribution is -0.385. The van der Waals surface area contributed by atoms with E-state index in [1.54, 1.807) is 14.0 Å². The summed E-state index contributed by atoms with van der Waals surface area (Å²) in [6.07, 6.45) is 1.33. The number of nitro groups is 1. The van der Waals surface area contributed by atoms with Gasteiger partial charge in [0, 0.05) is 45.4 Å². The second kappa shape index (κ2) is 12.8. The fourth-order valence-corrected chi connectivity index (χ4v) is 4.20. The van der Waals surface area contributed by atoms with Crippen molar-refractivity contribution in [2.24, 2.45) is 10.9 Å². The number of carbonyl (C=O) groups excluding carboxylic acids is 1. The number of nitro benzene ring substituents is 1. The van der Waals surface area contributed by atoms with E-state index < -0.39 is 14.9 Å². The zero-order valence-corrected chi connectivity index (χ0v) is 20.6. The quantitative estimate of drug-likeness (QED) is 0.0909. The summed E-state index contributed by atoms with van der Waals surface area (Å²) >= 11 is 0. The minimum atomic E-state index is -3.87. The van der Waals surface area contributed by atoms with Crippen molar-refractivity contribution < 1.29 is 22.9 Å². The van der Waals surface area contributed by atoms with E-state index in [-0.39, 0.29) is 59.5 Å². The normalized spacial score (nSPS) is 15.2. The highest BCUT2D eigenvalue weighted by Crippen LogP contribution is 2.19. The van der Waals surface area contributed by atoms with Gasteiger partial charge in [-0.05, 0) is 25.8 Å². The zero-order chi connectivity index (χ0) is 22.1. The number of hydrogen-bond donors (Lipinski definition) is 2. The first-order valence-electron chi connectivity index (χ1n) is 9.64. The van der Waals surface area contributed by atoms with Crippen molar-refractivity contribution in [2.75, 3.05) is 39.8 Å². The van der Waals surface area contributed by atoms with Gasteiger partial charge in [-0.15, -0.1) is 24.0 Å². The molecule has 0 saturated carbocycles. The third kappa shape index (κ3) is 7.88. The number of esters is 1. The monoisotopic (exact) mass is 569 g/mol. The number of ether oxygens (including phenoxy) is 1. The van der Waals surface area contributed by atoms with Gasteiger partial charge in [-0.3, -0.25) is 19.9 Å². The number of carbonyl (C=O) groups is 1. The fraction of sp³-hybridized carbons (Fsp3) is 0.556. The van der Waals surface area contributed by atoms with E-state index in [1.165, 1.54) is 18.2 Å². The molecule has 2 rings (SSSR count). The SMILES string of the molecule is CCOC(=O)C1CCN(C(=NC)NCCNS(=O)(=O)c2cccc([N+](=O)[O-])c2)CC1.I. The molecule has 1 saturated heterocycles. The molecule has 2 N–H and O–H groups in total. The molecular formula is C18H28IN5O6S. The minimum absolute atomic E-state index is 0. The van der Waals surface area contributed by atoms with E-state index in [2.05, 4.69) is 15.0 Å². The number of aliphatic imine (C=N–C) groups is 1. The number of non-ortho nitro benzene ring substituents is 1. The number of nitrogens with one attached hydrogen (secondary N) is 2. The average Bonchev–Trinajstić information content (AvgIpc) is 2.74. The topological polar surface area (TPSA) is 143 Å².